The highest BCUT2D eigenvalue weighted by atomic mass is 35.5. The average Bonchev–Trinajstić information content (AvgIpc) is 2.25. The van der Waals surface area contributed by atoms with E-state index in [2.05, 4.69) is 5.32 Å². The summed E-state index contributed by atoms with van der Waals surface area (Å²) in [6.45, 7) is 1.36. The molecule has 0 saturated carbocycles. The Morgan fingerprint density at radius 1 is 1.35 bits per heavy atom. The molecule has 0 aliphatic rings. The lowest BCUT2D eigenvalue weighted by molar-refractivity contribution is -0.119. The number of nitrogens with one attached hydrogen (secondary N) is 1. The zero-order chi connectivity index (χ0) is 15.5. The van der Waals surface area contributed by atoms with Gasteiger partial charge < -0.3 is 11.1 Å². The van der Waals surface area contributed by atoms with Crippen LogP contribution in [0, 0.1) is 0 Å². The van der Waals surface area contributed by atoms with Gasteiger partial charge in [0.2, 0.25) is 5.91 Å². The van der Waals surface area contributed by atoms with E-state index >= 15 is 0 Å². The van der Waals surface area contributed by atoms with E-state index in [4.69, 9.17) is 17.3 Å². The molecule has 1 aromatic rings. The summed E-state index contributed by atoms with van der Waals surface area (Å²) in [4.78, 5) is 22.4. The lowest BCUT2D eigenvalue weighted by Gasteiger charge is -2.12. The van der Waals surface area contributed by atoms with Crippen LogP contribution in [-0.2, 0) is 4.79 Å². The Morgan fingerprint density at radius 2 is 1.95 bits per heavy atom. The third-order valence-electron chi connectivity index (χ3n) is 2.14. The van der Waals surface area contributed by atoms with Gasteiger partial charge in [-0.05, 0) is 36.9 Å². The molecule has 0 spiro atoms. The molecule has 20 heavy (non-hydrogen) atoms. The summed E-state index contributed by atoms with van der Waals surface area (Å²) in [6, 6.07) is 2.38. The minimum Gasteiger partial charge on any atom is -0.368 e. The lowest BCUT2D eigenvalue weighted by atomic mass is 10.2. The molecule has 1 rings (SSSR count). The minimum absolute atomic E-state index is 0.0175. The van der Waals surface area contributed by atoms with Crippen LogP contribution in [0.25, 0.3) is 0 Å². The maximum atomic E-state index is 12.3. The third kappa shape index (κ3) is 5.30. The van der Waals surface area contributed by atoms with Crippen molar-refractivity contribution in [3.8, 4) is 0 Å². The molecule has 0 aliphatic heterocycles. The highest BCUT2D eigenvalue weighted by Crippen LogP contribution is 2.38. The first kappa shape index (κ1) is 16.6. The number of primary amides is 1. The number of nitrogens with two attached hydrogens (primary N) is 1. The van der Waals surface area contributed by atoms with Gasteiger partial charge in [-0.3, -0.25) is 9.59 Å². The van der Waals surface area contributed by atoms with Gasteiger partial charge in [-0.2, -0.15) is 13.2 Å². The standard InChI is InChI=1S/C11H10ClF3N2O2S/c1-5(9(16)18)17-10(19)6-2-7(12)4-8(3-6)20-11(13,14)15/h2-5H,1H3,(H2,16,18)(H,17,19)/t5-/m1/s1. The van der Waals surface area contributed by atoms with Crippen LogP contribution in [0.15, 0.2) is 23.1 Å². The number of alkyl halides is 3. The summed E-state index contributed by atoms with van der Waals surface area (Å²) in [6.07, 6.45) is 0. The van der Waals surface area contributed by atoms with Crippen LogP contribution in [0.3, 0.4) is 0 Å². The number of carbonyl (C=O) groups is 2. The van der Waals surface area contributed by atoms with Gasteiger partial charge in [0.15, 0.2) is 0 Å². The monoisotopic (exact) mass is 326 g/mol. The van der Waals surface area contributed by atoms with E-state index in [1.807, 2.05) is 0 Å². The molecular weight excluding hydrogens is 317 g/mol. The van der Waals surface area contributed by atoms with E-state index in [0.717, 1.165) is 12.1 Å². The van der Waals surface area contributed by atoms with E-state index in [9.17, 15) is 22.8 Å². The molecule has 9 heteroatoms. The van der Waals surface area contributed by atoms with Crippen LogP contribution < -0.4 is 11.1 Å². The second-order valence-corrected chi connectivity index (χ2v) is 5.40. The summed E-state index contributed by atoms with van der Waals surface area (Å²) >= 11 is 5.29. The van der Waals surface area contributed by atoms with E-state index in [1.165, 1.54) is 13.0 Å². The van der Waals surface area contributed by atoms with E-state index in [-0.39, 0.29) is 27.2 Å². The molecule has 0 heterocycles. The van der Waals surface area contributed by atoms with Gasteiger partial charge in [-0.15, -0.1) is 0 Å². The van der Waals surface area contributed by atoms with Gasteiger partial charge >= 0.3 is 5.51 Å². The van der Waals surface area contributed by atoms with Crippen molar-refractivity contribution >= 4 is 35.2 Å². The Kier molecular flexibility index (Phi) is 5.29. The number of halogens is 4. The second kappa shape index (κ2) is 6.36. The fourth-order valence-electron chi connectivity index (χ4n) is 1.24. The molecule has 1 atom stereocenters. The lowest BCUT2D eigenvalue weighted by Crippen LogP contribution is -2.42. The Balaban J connectivity index is 2.95. The molecule has 110 valence electrons. The highest BCUT2D eigenvalue weighted by molar-refractivity contribution is 8.00. The molecule has 2 amide bonds. The molecule has 4 nitrogen and oxygen atoms in total. The van der Waals surface area contributed by atoms with Crippen LogP contribution in [0.5, 0.6) is 0 Å². The number of thioether (sulfide) groups is 1. The molecule has 0 bridgehead atoms. The predicted molar refractivity (Wildman–Crippen MR) is 69.5 cm³/mol. The van der Waals surface area contributed by atoms with Crippen molar-refractivity contribution in [3.05, 3.63) is 28.8 Å². The fraction of sp³-hybridized carbons (Fsp3) is 0.273. The van der Waals surface area contributed by atoms with Gasteiger partial charge in [0.05, 0.1) is 0 Å². The van der Waals surface area contributed by atoms with E-state index < -0.39 is 23.4 Å². The van der Waals surface area contributed by atoms with Crippen molar-refractivity contribution in [3.63, 3.8) is 0 Å². The summed E-state index contributed by atoms with van der Waals surface area (Å²) < 4.78 is 36.8. The molecule has 1 aromatic carbocycles. The van der Waals surface area contributed by atoms with Crippen molar-refractivity contribution in [2.75, 3.05) is 0 Å². The Hall–Kier alpha value is -1.41. The largest absolute Gasteiger partial charge is 0.446 e. The zero-order valence-corrected chi connectivity index (χ0v) is 11.7. The van der Waals surface area contributed by atoms with E-state index in [1.54, 1.807) is 0 Å². The maximum Gasteiger partial charge on any atom is 0.446 e. The van der Waals surface area contributed by atoms with Crippen LogP contribution in [-0.4, -0.2) is 23.4 Å². The number of carbonyl (C=O) groups excluding carboxylic acids is 2. The normalized spacial score (nSPS) is 12.8. The SMILES string of the molecule is C[C@@H](NC(=O)c1cc(Cl)cc(SC(F)(F)F)c1)C(N)=O. The number of benzene rings is 1. The molecule has 0 fully saturated rings. The van der Waals surface area contributed by atoms with E-state index in [0.29, 0.717) is 0 Å². The molecular formula is C11H10ClF3N2O2S. The Labute approximate surface area is 121 Å². The number of rotatable bonds is 4. The topological polar surface area (TPSA) is 72.2 Å². The molecule has 0 saturated heterocycles. The number of hydrogen-bond donors (Lipinski definition) is 2. The van der Waals surface area contributed by atoms with Crippen molar-refractivity contribution in [1.29, 1.82) is 0 Å². The minimum atomic E-state index is -4.49. The molecule has 0 unspecified atom stereocenters. The van der Waals surface area contributed by atoms with Crippen LogP contribution in [0.4, 0.5) is 13.2 Å². The van der Waals surface area contributed by atoms with Crippen molar-refractivity contribution in [1.82, 2.24) is 5.32 Å². The summed E-state index contributed by atoms with van der Waals surface area (Å²) in [5.74, 6) is -1.49. The first-order valence-corrected chi connectivity index (χ1v) is 6.44. The van der Waals surface area contributed by atoms with Gasteiger partial charge in [0.25, 0.3) is 5.91 Å². The molecule has 3 N–H and O–H groups in total. The molecule has 0 radical (unpaired) electrons. The maximum absolute atomic E-state index is 12.3. The highest BCUT2D eigenvalue weighted by Gasteiger charge is 2.29. The predicted octanol–water partition coefficient (Wildman–Crippen LogP) is 2.56. The van der Waals surface area contributed by atoms with Crippen LogP contribution >= 0.6 is 23.4 Å². The number of amides is 2. The van der Waals surface area contributed by atoms with Crippen LogP contribution in [0.2, 0.25) is 5.02 Å². The van der Waals surface area contributed by atoms with Crippen molar-refractivity contribution in [2.24, 2.45) is 5.73 Å². The number of hydrogen-bond acceptors (Lipinski definition) is 3. The summed E-state index contributed by atoms with van der Waals surface area (Å²) in [7, 11) is 0. The molecule has 0 aliphatic carbocycles. The zero-order valence-electron chi connectivity index (χ0n) is 10.1. The van der Waals surface area contributed by atoms with Gasteiger partial charge in [-0.25, -0.2) is 0 Å². The third-order valence-corrected chi connectivity index (χ3v) is 3.06. The Morgan fingerprint density at radius 3 is 2.45 bits per heavy atom. The first-order chi connectivity index (χ1) is 9.08. The van der Waals surface area contributed by atoms with Crippen LogP contribution in [0.1, 0.15) is 17.3 Å². The summed E-state index contributed by atoms with van der Waals surface area (Å²) in [5.41, 5.74) is 0.400. The second-order valence-electron chi connectivity index (χ2n) is 3.82. The van der Waals surface area contributed by atoms with Crippen molar-refractivity contribution < 1.29 is 22.8 Å². The van der Waals surface area contributed by atoms with Gasteiger partial charge in [0, 0.05) is 15.5 Å². The fourth-order valence-corrected chi connectivity index (χ4v) is 2.18. The van der Waals surface area contributed by atoms with Gasteiger partial charge in [-0.1, -0.05) is 11.6 Å². The average molecular weight is 327 g/mol. The molecule has 0 aromatic heterocycles. The first-order valence-electron chi connectivity index (χ1n) is 5.25. The van der Waals surface area contributed by atoms with Crippen molar-refractivity contribution in [2.45, 2.75) is 23.4 Å². The summed E-state index contributed by atoms with van der Waals surface area (Å²) in [5, 5.41) is 2.23. The smallest absolute Gasteiger partial charge is 0.368 e. The Bertz CT molecular complexity index is 537. The van der Waals surface area contributed by atoms with Gasteiger partial charge in [0.1, 0.15) is 6.04 Å². The quantitative estimate of drug-likeness (QED) is 0.835.